The van der Waals surface area contributed by atoms with Gasteiger partial charge in [0, 0.05) is 16.3 Å². The Morgan fingerprint density at radius 2 is 2.35 bits per heavy atom. The molecule has 0 N–H and O–H groups in total. The van der Waals surface area contributed by atoms with Crippen LogP contribution in [0.3, 0.4) is 0 Å². The lowest BCUT2D eigenvalue weighted by Crippen LogP contribution is -2.09. The number of carbonyl (C=O) groups excluding carboxylic acids is 1. The number of rotatable bonds is 5. The van der Waals surface area contributed by atoms with Crippen molar-refractivity contribution < 1.29 is 19.0 Å². The maximum absolute atomic E-state index is 11.8. The van der Waals surface area contributed by atoms with Gasteiger partial charge >= 0.3 is 5.97 Å². The number of aromatic nitrogens is 1. The van der Waals surface area contributed by atoms with E-state index in [1.807, 2.05) is 23.6 Å². The molecule has 3 aromatic rings. The summed E-state index contributed by atoms with van der Waals surface area (Å²) >= 11 is 8.02. The molecule has 4 rings (SSSR count). The van der Waals surface area contributed by atoms with E-state index < -0.39 is 0 Å². The Balaban J connectivity index is 1.60. The number of ether oxygens (including phenoxy) is 3. The second kappa shape index (κ2) is 7.13. The topological polar surface area (TPSA) is 57.7 Å². The molecule has 2 aromatic heterocycles. The number of fused-ring (bicyclic) bond motifs is 2. The van der Waals surface area contributed by atoms with Crippen molar-refractivity contribution in [3.8, 4) is 11.6 Å². The van der Waals surface area contributed by atoms with Crippen LogP contribution in [0.5, 0.6) is 11.6 Å². The number of pyridine rings is 1. The van der Waals surface area contributed by atoms with E-state index in [-0.39, 0.29) is 18.5 Å². The van der Waals surface area contributed by atoms with E-state index in [0.29, 0.717) is 29.9 Å². The molecule has 1 unspecified atom stereocenters. The van der Waals surface area contributed by atoms with E-state index in [9.17, 15) is 4.79 Å². The van der Waals surface area contributed by atoms with E-state index >= 15 is 0 Å². The lowest BCUT2D eigenvalue weighted by atomic mass is 10.1. The summed E-state index contributed by atoms with van der Waals surface area (Å²) in [6, 6.07) is 7.53. The zero-order valence-electron chi connectivity index (χ0n) is 14.0. The zero-order chi connectivity index (χ0) is 18.1. The third-order valence-electron chi connectivity index (χ3n) is 4.11. The van der Waals surface area contributed by atoms with Crippen molar-refractivity contribution >= 4 is 39.0 Å². The maximum Gasteiger partial charge on any atom is 0.310 e. The highest BCUT2D eigenvalue weighted by atomic mass is 35.5. The highest BCUT2D eigenvalue weighted by molar-refractivity contribution is 7.17. The molecule has 5 nitrogen and oxygen atoms in total. The van der Waals surface area contributed by atoms with Gasteiger partial charge in [0.15, 0.2) is 6.10 Å². The Kier molecular flexibility index (Phi) is 4.70. The van der Waals surface area contributed by atoms with E-state index in [2.05, 4.69) is 4.98 Å². The smallest absolute Gasteiger partial charge is 0.310 e. The molecule has 7 heteroatoms. The Hall–Kier alpha value is -2.31. The van der Waals surface area contributed by atoms with Crippen molar-refractivity contribution in [3.63, 3.8) is 0 Å². The minimum Gasteiger partial charge on any atom is -0.482 e. The maximum atomic E-state index is 11.8. The lowest BCUT2D eigenvalue weighted by Gasteiger charge is -2.13. The van der Waals surface area contributed by atoms with Crippen LogP contribution in [0.1, 0.15) is 24.2 Å². The molecule has 3 heterocycles. The molecule has 0 bridgehead atoms. The first-order valence-corrected chi connectivity index (χ1v) is 9.51. The molecule has 0 aliphatic carbocycles. The van der Waals surface area contributed by atoms with Gasteiger partial charge in [-0.3, -0.25) is 4.79 Å². The van der Waals surface area contributed by atoms with E-state index in [1.165, 1.54) is 11.3 Å². The first-order chi connectivity index (χ1) is 12.7. The van der Waals surface area contributed by atoms with E-state index in [4.69, 9.17) is 25.8 Å². The first kappa shape index (κ1) is 17.1. The van der Waals surface area contributed by atoms with Gasteiger partial charge in [-0.05, 0) is 42.1 Å². The van der Waals surface area contributed by atoms with Crippen molar-refractivity contribution in [3.05, 3.63) is 52.0 Å². The van der Waals surface area contributed by atoms with Crippen LogP contribution in [0.15, 0.2) is 35.8 Å². The summed E-state index contributed by atoms with van der Waals surface area (Å²) < 4.78 is 17.6. The molecular weight excluding hydrogens is 374 g/mol. The third-order valence-corrected chi connectivity index (χ3v) is 5.39. The molecule has 0 spiro atoms. The third kappa shape index (κ3) is 3.22. The molecule has 134 valence electrons. The van der Waals surface area contributed by atoms with Crippen LogP contribution in [0.2, 0.25) is 5.02 Å². The standard InChI is InChI=1S/C19H16ClNO4S/c1-2-23-17(22)6-11-10-26-16-8-12(7-14(20)18(11)16)25-15-9-24-19-13(15)4-3-5-21-19/h3-5,7-8,10,15H,2,6,9H2,1H3. The molecule has 0 amide bonds. The fraction of sp³-hybridized carbons (Fsp3) is 0.263. The number of benzene rings is 1. The lowest BCUT2D eigenvalue weighted by molar-refractivity contribution is -0.142. The molecule has 0 saturated carbocycles. The summed E-state index contributed by atoms with van der Waals surface area (Å²) in [5.74, 6) is 1.02. The summed E-state index contributed by atoms with van der Waals surface area (Å²) in [5.41, 5.74) is 1.80. The van der Waals surface area contributed by atoms with Crippen LogP contribution in [0, 0.1) is 0 Å². The normalized spacial score (nSPS) is 15.5. The number of esters is 1. The molecule has 1 aliphatic rings. The Morgan fingerprint density at radius 1 is 1.46 bits per heavy atom. The number of nitrogens with zero attached hydrogens (tertiary/aromatic N) is 1. The summed E-state index contributed by atoms with van der Waals surface area (Å²) in [6.45, 7) is 2.58. The van der Waals surface area contributed by atoms with Gasteiger partial charge in [-0.25, -0.2) is 4.98 Å². The predicted octanol–water partition coefficient (Wildman–Crippen LogP) is 4.57. The SMILES string of the molecule is CCOC(=O)Cc1csc2cc(OC3COc4ncccc43)cc(Cl)c12. The largest absolute Gasteiger partial charge is 0.482 e. The predicted molar refractivity (Wildman–Crippen MR) is 100 cm³/mol. The summed E-state index contributed by atoms with van der Waals surface area (Å²) in [4.78, 5) is 16.0. The van der Waals surface area contributed by atoms with Gasteiger partial charge in [-0.1, -0.05) is 11.6 Å². The second-order valence-corrected chi connectivity index (χ2v) is 7.15. The fourth-order valence-electron chi connectivity index (χ4n) is 3.00. The van der Waals surface area contributed by atoms with Gasteiger partial charge in [0.2, 0.25) is 5.88 Å². The Labute approximate surface area is 159 Å². The molecule has 0 fully saturated rings. The number of hydrogen-bond acceptors (Lipinski definition) is 6. The quantitative estimate of drug-likeness (QED) is 0.598. The van der Waals surface area contributed by atoms with Crippen LogP contribution in [-0.2, 0) is 16.0 Å². The number of hydrogen-bond donors (Lipinski definition) is 0. The van der Waals surface area contributed by atoms with Gasteiger partial charge < -0.3 is 14.2 Å². The van der Waals surface area contributed by atoms with Gasteiger partial charge in [0.05, 0.1) is 23.6 Å². The average molecular weight is 390 g/mol. The number of carbonyl (C=O) groups is 1. The van der Waals surface area contributed by atoms with Crippen molar-refractivity contribution in [2.24, 2.45) is 0 Å². The fourth-order valence-corrected chi connectivity index (χ4v) is 4.40. The van der Waals surface area contributed by atoms with Crippen molar-refractivity contribution in [1.29, 1.82) is 0 Å². The minimum absolute atomic E-state index is 0.212. The van der Waals surface area contributed by atoms with Crippen LogP contribution in [0.4, 0.5) is 0 Å². The Bertz CT molecular complexity index is 971. The molecule has 0 radical (unpaired) electrons. The molecule has 1 aliphatic heterocycles. The zero-order valence-corrected chi connectivity index (χ0v) is 15.6. The molecular formula is C19H16ClNO4S. The number of thiophene rings is 1. The van der Waals surface area contributed by atoms with Gasteiger partial charge in [-0.2, -0.15) is 0 Å². The second-order valence-electron chi connectivity index (χ2n) is 5.84. The van der Waals surface area contributed by atoms with Crippen molar-refractivity contribution in [2.45, 2.75) is 19.4 Å². The summed E-state index contributed by atoms with van der Waals surface area (Å²) in [5, 5.41) is 3.37. The van der Waals surface area contributed by atoms with E-state index in [0.717, 1.165) is 21.2 Å². The number of halogens is 1. The highest BCUT2D eigenvalue weighted by Crippen LogP contribution is 2.39. The summed E-state index contributed by atoms with van der Waals surface area (Å²) in [6.07, 6.45) is 1.69. The minimum atomic E-state index is -0.254. The van der Waals surface area contributed by atoms with Crippen molar-refractivity contribution in [2.75, 3.05) is 13.2 Å². The molecule has 26 heavy (non-hydrogen) atoms. The van der Waals surface area contributed by atoms with Crippen LogP contribution in [0.25, 0.3) is 10.1 Å². The highest BCUT2D eigenvalue weighted by Gasteiger charge is 2.27. The van der Waals surface area contributed by atoms with Crippen LogP contribution in [-0.4, -0.2) is 24.2 Å². The monoisotopic (exact) mass is 389 g/mol. The Morgan fingerprint density at radius 3 is 3.19 bits per heavy atom. The van der Waals surface area contributed by atoms with Crippen LogP contribution >= 0.6 is 22.9 Å². The van der Waals surface area contributed by atoms with Gasteiger partial charge in [-0.15, -0.1) is 11.3 Å². The van der Waals surface area contributed by atoms with Gasteiger partial charge in [0.1, 0.15) is 12.4 Å². The molecule has 1 aromatic carbocycles. The molecule has 1 atom stereocenters. The van der Waals surface area contributed by atoms with Gasteiger partial charge in [0.25, 0.3) is 0 Å². The van der Waals surface area contributed by atoms with Crippen molar-refractivity contribution in [1.82, 2.24) is 4.98 Å². The first-order valence-electron chi connectivity index (χ1n) is 8.25. The average Bonchev–Trinajstić information content (AvgIpc) is 3.20. The summed E-state index contributed by atoms with van der Waals surface area (Å²) in [7, 11) is 0. The molecule has 0 saturated heterocycles. The van der Waals surface area contributed by atoms with Crippen LogP contribution < -0.4 is 9.47 Å². The van der Waals surface area contributed by atoms with E-state index in [1.54, 1.807) is 19.2 Å².